The highest BCUT2D eigenvalue weighted by Crippen LogP contribution is 2.25. The van der Waals surface area contributed by atoms with Gasteiger partial charge in [-0.1, -0.05) is 6.42 Å². The molecule has 82 valence electrons. The first-order valence-corrected chi connectivity index (χ1v) is 5.26. The first kappa shape index (κ1) is 10.1. The van der Waals surface area contributed by atoms with Crippen LogP contribution in [0.25, 0.3) is 0 Å². The van der Waals surface area contributed by atoms with Crippen molar-refractivity contribution < 1.29 is 4.79 Å². The van der Waals surface area contributed by atoms with Crippen LogP contribution in [-0.2, 0) is 18.3 Å². The monoisotopic (exact) mass is 209 g/mol. The lowest BCUT2D eigenvalue weighted by Crippen LogP contribution is -2.35. The number of nitrogens with one attached hydrogen (secondary N) is 1. The highest BCUT2D eigenvalue weighted by molar-refractivity contribution is 5.79. The normalized spacial score (nSPS) is 16.1. The van der Waals surface area contributed by atoms with Gasteiger partial charge in [0.25, 0.3) is 0 Å². The van der Waals surface area contributed by atoms with Gasteiger partial charge in [0.2, 0.25) is 5.91 Å². The van der Waals surface area contributed by atoms with Crippen molar-refractivity contribution in [3.63, 3.8) is 0 Å². The molecule has 1 aromatic rings. The highest BCUT2D eigenvalue weighted by Gasteiger charge is 2.24. The van der Waals surface area contributed by atoms with Crippen molar-refractivity contribution in [2.45, 2.75) is 25.7 Å². The summed E-state index contributed by atoms with van der Waals surface area (Å²) in [5.41, 5.74) is 0. The van der Waals surface area contributed by atoms with E-state index in [4.69, 9.17) is 0 Å². The minimum absolute atomic E-state index is 0.177. The quantitative estimate of drug-likeness (QED) is 0.737. The minimum atomic E-state index is 0.177. The molecule has 2 rings (SSSR count). The zero-order chi connectivity index (χ0) is 10.7. The second-order valence-corrected chi connectivity index (χ2v) is 3.89. The second kappa shape index (κ2) is 4.37. The Balaban J connectivity index is 1.70. The molecule has 6 nitrogen and oxygen atoms in total. The molecule has 1 heterocycles. The maximum absolute atomic E-state index is 11.5. The fourth-order valence-electron chi connectivity index (χ4n) is 1.57. The lowest BCUT2D eigenvalue weighted by Gasteiger charge is -2.23. The molecule has 0 saturated heterocycles. The van der Waals surface area contributed by atoms with Crippen LogP contribution in [0.3, 0.4) is 0 Å². The first-order valence-electron chi connectivity index (χ1n) is 5.26. The van der Waals surface area contributed by atoms with E-state index < -0.39 is 0 Å². The summed E-state index contributed by atoms with van der Waals surface area (Å²) in [6.07, 6.45) is 3.95. The van der Waals surface area contributed by atoms with Crippen molar-refractivity contribution in [1.29, 1.82) is 0 Å². The number of rotatable bonds is 4. The van der Waals surface area contributed by atoms with Crippen LogP contribution in [0.4, 0.5) is 0 Å². The highest BCUT2D eigenvalue weighted by atomic mass is 16.1. The van der Waals surface area contributed by atoms with Crippen molar-refractivity contribution in [3.05, 3.63) is 5.82 Å². The van der Waals surface area contributed by atoms with Gasteiger partial charge in [-0.2, -0.15) is 0 Å². The van der Waals surface area contributed by atoms with Crippen LogP contribution in [0.5, 0.6) is 0 Å². The van der Waals surface area contributed by atoms with E-state index in [1.807, 2.05) is 0 Å². The SMILES string of the molecule is Cn1nnnc1CCNC(=O)C1CCC1. The molecule has 0 unspecified atom stereocenters. The molecule has 0 radical (unpaired) electrons. The molecule has 0 aliphatic heterocycles. The Morgan fingerprint density at radius 3 is 2.93 bits per heavy atom. The van der Waals surface area contributed by atoms with Gasteiger partial charge in [0.05, 0.1) is 0 Å². The number of hydrogen-bond donors (Lipinski definition) is 1. The van der Waals surface area contributed by atoms with Gasteiger partial charge in [-0.15, -0.1) is 5.10 Å². The molecule has 1 saturated carbocycles. The molecule has 1 aliphatic carbocycles. The summed E-state index contributed by atoms with van der Waals surface area (Å²) in [6, 6.07) is 0. The zero-order valence-corrected chi connectivity index (χ0v) is 8.81. The third-order valence-corrected chi connectivity index (χ3v) is 2.83. The average Bonchev–Trinajstić information content (AvgIpc) is 2.49. The summed E-state index contributed by atoms with van der Waals surface area (Å²) in [5, 5.41) is 14.0. The molecule has 1 aliphatic rings. The van der Waals surface area contributed by atoms with Crippen molar-refractivity contribution >= 4 is 5.91 Å². The van der Waals surface area contributed by atoms with Crippen LogP contribution in [-0.4, -0.2) is 32.7 Å². The Kier molecular flexibility index (Phi) is 2.94. The molecule has 1 N–H and O–H groups in total. The number of aromatic nitrogens is 4. The Bertz CT molecular complexity index is 344. The summed E-state index contributed by atoms with van der Waals surface area (Å²) in [4.78, 5) is 11.5. The summed E-state index contributed by atoms with van der Waals surface area (Å²) < 4.78 is 1.62. The molecule has 1 fully saturated rings. The molecular weight excluding hydrogens is 194 g/mol. The van der Waals surface area contributed by atoms with Gasteiger partial charge < -0.3 is 5.32 Å². The lowest BCUT2D eigenvalue weighted by molar-refractivity contribution is -0.127. The standard InChI is InChI=1S/C9H15N5O/c1-14-8(11-12-13-14)5-6-10-9(15)7-3-2-4-7/h7H,2-6H2,1H3,(H,10,15). The molecule has 1 aromatic heterocycles. The maximum atomic E-state index is 11.5. The van der Waals surface area contributed by atoms with E-state index in [9.17, 15) is 4.79 Å². The van der Waals surface area contributed by atoms with E-state index in [1.165, 1.54) is 6.42 Å². The maximum Gasteiger partial charge on any atom is 0.223 e. The predicted molar refractivity (Wildman–Crippen MR) is 52.9 cm³/mol. The number of aryl methyl sites for hydroxylation is 1. The summed E-state index contributed by atoms with van der Waals surface area (Å²) in [5.74, 6) is 1.22. The third kappa shape index (κ3) is 2.31. The molecule has 0 atom stereocenters. The van der Waals surface area contributed by atoms with Gasteiger partial charge in [-0.25, -0.2) is 4.68 Å². The summed E-state index contributed by atoms with van der Waals surface area (Å²) in [7, 11) is 1.79. The summed E-state index contributed by atoms with van der Waals surface area (Å²) in [6.45, 7) is 0.615. The van der Waals surface area contributed by atoms with Crippen molar-refractivity contribution in [1.82, 2.24) is 25.5 Å². The first-order chi connectivity index (χ1) is 7.27. The molecule has 1 amide bonds. The van der Waals surface area contributed by atoms with Gasteiger partial charge in [-0.05, 0) is 23.3 Å². The molecule has 0 spiro atoms. The van der Waals surface area contributed by atoms with E-state index in [1.54, 1.807) is 11.7 Å². The fourth-order valence-corrected chi connectivity index (χ4v) is 1.57. The van der Waals surface area contributed by atoms with Crippen LogP contribution in [0.1, 0.15) is 25.1 Å². The van der Waals surface area contributed by atoms with Gasteiger partial charge >= 0.3 is 0 Å². The van der Waals surface area contributed by atoms with Gasteiger partial charge in [0.15, 0.2) is 5.82 Å². The van der Waals surface area contributed by atoms with Gasteiger partial charge in [0, 0.05) is 25.9 Å². The van der Waals surface area contributed by atoms with Crippen molar-refractivity contribution in [2.24, 2.45) is 13.0 Å². The van der Waals surface area contributed by atoms with Gasteiger partial charge in [0.1, 0.15) is 0 Å². The van der Waals surface area contributed by atoms with E-state index in [2.05, 4.69) is 20.8 Å². The topological polar surface area (TPSA) is 72.7 Å². The predicted octanol–water partition coefficient (Wildman–Crippen LogP) is -0.331. The number of carbonyl (C=O) groups is 1. The second-order valence-electron chi connectivity index (χ2n) is 3.89. The Labute approximate surface area is 88.0 Å². The van der Waals surface area contributed by atoms with Gasteiger partial charge in [-0.3, -0.25) is 4.79 Å². The third-order valence-electron chi connectivity index (χ3n) is 2.83. The number of carbonyl (C=O) groups excluding carboxylic acids is 1. The van der Waals surface area contributed by atoms with Crippen molar-refractivity contribution in [3.8, 4) is 0 Å². The fraction of sp³-hybridized carbons (Fsp3) is 0.778. The minimum Gasteiger partial charge on any atom is -0.355 e. The number of hydrogen-bond acceptors (Lipinski definition) is 4. The Morgan fingerprint density at radius 1 is 1.60 bits per heavy atom. The molecule has 0 aromatic carbocycles. The molecule has 6 heteroatoms. The van der Waals surface area contributed by atoms with Crippen LogP contribution < -0.4 is 5.32 Å². The number of amides is 1. The lowest BCUT2D eigenvalue weighted by atomic mass is 9.85. The van der Waals surface area contributed by atoms with E-state index in [-0.39, 0.29) is 11.8 Å². The smallest absolute Gasteiger partial charge is 0.223 e. The largest absolute Gasteiger partial charge is 0.355 e. The molecule has 15 heavy (non-hydrogen) atoms. The zero-order valence-electron chi connectivity index (χ0n) is 8.81. The van der Waals surface area contributed by atoms with Crippen LogP contribution in [0.2, 0.25) is 0 Å². The molecule has 0 bridgehead atoms. The Hall–Kier alpha value is -1.46. The number of nitrogens with zero attached hydrogens (tertiary/aromatic N) is 4. The van der Waals surface area contributed by atoms with Crippen LogP contribution in [0, 0.1) is 5.92 Å². The average molecular weight is 209 g/mol. The van der Waals surface area contributed by atoms with Crippen LogP contribution in [0.15, 0.2) is 0 Å². The summed E-state index contributed by atoms with van der Waals surface area (Å²) >= 11 is 0. The molecular formula is C9H15N5O. The van der Waals surface area contributed by atoms with E-state index in [0.717, 1.165) is 18.7 Å². The van der Waals surface area contributed by atoms with E-state index in [0.29, 0.717) is 13.0 Å². The van der Waals surface area contributed by atoms with Crippen molar-refractivity contribution in [2.75, 3.05) is 6.54 Å². The number of tetrazole rings is 1. The van der Waals surface area contributed by atoms with Crippen LogP contribution >= 0.6 is 0 Å². The van der Waals surface area contributed by atoms with E-state index >= 15 is 0 Å². The Morgan fingerprint density at radius 2 is 2.40 bits per heavy atom.